The van der Waals surface area contributed by atoms with E-state index in [1.807, 2.05) is 0 Å². The van der Waals surface area contributed by atoms with Crippen LogP contribution in [0.25, 0.3) is 0 Å². The van der Waals surface area contributed by atoms with Gasteiger partial charge in [-0.05, 0) is 31.1 Å². The van der Waals surface area contributed by atoms with E-state index in [9.17, 15) is 4.79 Å². The quantitative estimate of drug-likeness (QED) is 0.753. The average Bonchev–Trinajstić information content (AvgIpc) is 2.42. The van der Waals surface area contributed by atoms with Crippen molar-refractivity contribution in [2.24, 2.45) is 11.8 Å². The highest BCUT2D eigenvalue weighted by Crippen LogP contribution is 2.40. The number of carbonyl (C=O) groups is 1. The lowest BCUT2D eigenvalue weighted by Crippen LogP contribution is -2.62. The highest BCUT2D eigenvalue weighted by molar-refractivity contribution is 5.81. The molecule has 0 spiro atoms. The molecule has 2 fully saturated rings. The third-order valence-electron chi connectivity index (χ3n) is 4.93. The molecule has 4 heteroatoms. The minimum absolute atomic E-state index is 0.0249. The van der Waals surface area contributed by atoms with Crippen molar-refractivity contribution in [3.63, 3.8) is 0 Å². The number of piperazine rings is 1. The predicted molar refractivity (Wildman–Crippen MR) is 71.4 cm³/mol. The van der Waals surface area contributed by atoms with E-state index >= 15 is 0 Å². The summed E-state index contributed by atoms with van der Waals surface area (Å²) in [5, 5.41) is 3.35. The molecular formula is C14H26N2O2. The van der Waals surface area contributed by atoms with Gasteiger partial charge in [-0.2, -0.15) is 0 Å². The van der Waals surface area contributed by atoms with E-state index in [1.54, 1.807) is 0 Å². The smallest absolute Gasteiger partial charge is 0.326 e. The first-order chi connectivity index (χ1) is 8.60. The third-order valence-corrected chi connectivity index (χ3v) is 4.93. The van der Waals surface area contributed by atoms with Crippen molar-refractivity contribution in [3.05, 3.63) is 0 Å². The van der Waals surface area contributed by atoms with E-state index in [2.05, 4.69) is 24.1 Å². The largest absolute Gasteiger partial charge is 0.468 e. The van der Waals surface area contributed by atoms with Crippen LogP contribution in [-0.2, 0) is 9.53 Å². The molecule has 1 saturated heterocycles. The van der Waals surface area contributed by atoms with Crippen molar-refractivity contribution in [1.82, 2.24) is 10.2 Å². The van der Waals surface area contributed by atoms with Crippen LogP contribution < -0.4 is 5.32 Å². The lowest BCUT2D eigenvalue weighted by molar-refractivity contribution is -0.161. The molecule has 1 aliphatic carbocycles. The average molecular weight is 254 g/mol. The Morgan fingerprint density at radius 1 is 1.28 bits per heavy atom. The van der Waals surface area contributed by atoms with Crippen molar-refractivity contribution >= 4 is 5.97 Å². The fraction of sp³-hybridized carbons (Fsp3) is 0.929. The Labute approximate surface area is 110 Å². The first-order valence-electron chi connectivity index (χ1n) is 7.14. The van der Waals surface area contributed by atoms with Crippen LogP contribution in [0.2, 0.25) is 0 Å². The molecule has 3 atom stereocenters. The molecule has 0 amide bonds. The number of nitrogens with one attached hydrogen (secondary N) is 1. The molecule has 0 aromatic rings. The van der Waals surface area contributed by atoms with E-state index in [0.717, 1.165) is 45.4 Å². The van der Waals surface area contributed by atoms with E-state index in [0.29, 0.717) is 11.8 Å². The van der Waals surface area contributed by atoms with Crippen molar-refractivity contribution in [2.75, 3.05) is 33.3 Å². The summed E-state index contributed by atoms with van der Waals surface area (Å²) in [6.07, 6.45) is 3.02. The number of hydrogen-bond acceptors (Lipinski definition) is 4. The van der Waals surface area contributed by atoms with Crippen LogP contribution >= 0.6 is 0 Å². The summed E-state index contributed by atoms with van der Waals surface area (Å²) in [4.78, 5) is 14.7. The summed E-state index contributed by atoms with van der Waals surface area (Å²) < 4.78 is 5.13. The van der Waals surface area contributed by atoms with Gasteiger partial charge in [0.25, 0.3) is 0 Å². The zero-order chi connectivity index (χ0) is 13.2. The minimum atomic E-state index is -0.358. The zero-order valence-electron chi connectivity index (χ0n) is 11.9. The van der Waals surface area contributed by atoms with Crippen LogP contribution in [0.3, 0.4) is 0 Å². The van der Waals surface area contributed by atoms with Gasteiger partial charge in [0.05, 0.1) is 7.11 Å². The lowest BCUT2D eigenvalue weighted by Gasteiger charge is -2.48. The highest BCUT2D eigenvalue weighted by atomic mass is 16.5. The first-order valence-corrected chi connectivity index (χ1v) is 7.14. The molecule has 0 bridgehead atoms. The Bertz CT molecular complexity index is 302. The van der Waals surface area contributed by atoms with Crippen molar-refractivity contribution in [2.45, 2.75) is 38.6 Å². The van der Waals surface area contributed by atoms with Crippen LogP contribution in [0.4, 0.5) is 0 Å². The number of esters is 1. The van der Waals surface area contributed by atoms with Crippen LogP contribution in [0.1, 0.15) is 33.1 Å². The predicted octanol–water partition coefficient (Wildman–Crippen LogP) is 1.26. The van der Waals surface area contributed by atoms with E-state index in [-0.39, 0.29) is 11.5 Å². The Morgan fingerprint density at radius 3 is 2.50 bits per heavy atom. The number of rotatable bonds is 2. The number of methoxy groups -OCH3 is 1. The van der Waals surface area contributed by atoms with Crippen molar-refractivity contribution < 1.29 is 9.53 Å². The number of nitrogens with zero attached hydrogens (tertiary/aromatic N) is 1. The topological polar surface area (TPSA) is 41.6 Å². The van der Waals surface area contributed by atoms with Gasteiger partial charge in [0.2, 0.25) is 0 Å². The van der Waals surface area contributed by atoms with Crippen LogP contribution in [-0.4, -0.2) is 49.7 Å². The second-order valence-electron chi connectivity index (χ2n) is 5.96. The Kier molecular flexibility index (Phi) is 4.28. The summed E-state index contributed by atoms with van der Waals surface area (Å²) in [7, 11) is 1.52. The standard InChI is InChI=1S/C14H26N2O2/c1-11-4-5-14(10-12(11)2,13(17)18-3)16-8-6-15-7-9-16/h11-12,15H,4-10H2,1-3H3. The molecule has 3 unspecified atom stereocenters. The fourth-order valence-electron chi connectivity index (χ4n) is 3.47. The molecular weight excluding hydrogens is 228 g/mol. The summed E-state index contributed by atoms with van der Waals surface area (Å²) in [6.45, 7) is 8.42. The molecule has 4 nitrogen and oxygen atoms in total. The van der Waals surface area contributed by atoms with Gasteiger partial charge in [-0.3, -0.25) is 9.69 Å². The van der Waals surface area contributed by atoms with Crippen molar-refractivity contribution in [1.29, 1.82) is 0 Å². The highest BCUT2D eigenvalue weighted by Gasteiger charge is 2.49. The van der Waals surface area contributed by atoms with Gasteiger partial charge in [-0.1, -0.05) is 13.8 Å². The van der Waals surface area contributed by atoms with Gasteiger partial charge in [-0.15, -0.1) is 0 Å². The Morgan fingerprint density at radius 2 is 1.94 bits per heavy atom. The maximum atomic E-state index is 12.4. The second kappa shape index (κ2) is 5.57. The number of ether oxygens (including phenoxy) is 1. The molecule has 0 radical (unpaired) electrons. The van der Waals surface area contributed by atoms with E-state index in [1.165, 1.54) is 7.11 Å². The van der Waals surface area contributed by atoms with Gasteiger partial charge < -0.3 is 10.1 Å². The van der Waals surface area contributed by atoms with Gasteiger partial charge in [0.1, 0.15) is 5.54 Å². The molecule has 1 saturated carbocycles. The summed E-state index contributed by atoms with van der Waals surface area (Å²) in [5.41, 5.74) is -0.358. The van der Waals surface area contributed by atoms with Gasteiger partial charge >= 0.3 is 5.97 Å². The normalized spacial score (nSPS) is 38.4. The molecule has 0 aromatic carbocycles. The second-order valence-corrected chi connectivity index (χ2v) is 5.96. The van der Waals surface area contributed by atoms with E-state index in [4.69, 9.17) is 4.74 Å². The molecule has 2 rings (SSSR count). The maximum absolute atomic E-state index is 12.4. The SMILES string of the molecule is COC(=O)C1(N2CCNCC2)CCC(C)C(C)C1. The Hall–Kier alpha value is -0.610. The fourth-order valence-corrected chi connectivity index (χ4v) is 3.47. The molecule has 0 aromatic heterocycles. The first kappa shape index (κ1) is 13.8. The molecule has 18 heavy (non-hydrogen) atoms. The number of carbonyl (C=O) groups excluding carboxylic acids is 1. The molecule has 1 aliphatic heterocycles. The summed E-state index contributed by atoms with van der Waals surface area (Å²) >= 11 is 0. The molecule has 2 aliphatic rings. The molecule has 104 valence electrons. The van der Waals surface area contributed by atoms with E-state index < -0.39 is 0 Å². The summed E-state index contributed by atoms with van der Waals surface area (Å²) in [5.74, 6) is 1.28. The zero-order valence-corrected chi connectivity index (χ0v) is 11.9. The Balaban J connectivity index is 2.20. The lowest BCUT2D eigenvalue weighted by atomic mass is 9.70. The van der Waals surface area contributed by atoms with Gasteiger partial charge in [-0.25, -0.2) is 0 Å². The monoisotopic (exact) mass is 254 g/mol. The molecule has 1 heterocycles. The van der Waals surface area contributed by atoms with Crippen LogP contribution in [0.15, 0.2) is 0 Å². The minimum Gasteiger partial charge on any atom is -0.468 e. The van der Waals surface area contributed by atoms with Crippen LogP contribution in [0, 0.1) is 11.8 Å². The third kappa shape index (κ3) is 2.41. The van der Waals surface area contributed by atoms with Gasteiger partial charge in [0.15, 0.2) is 0 Å². The maximum Gasteiger partial charge on any atom is 0.326 e. The van der Waals surface area contributed by atoms with Crippen molar-refractivity contribution in [3.8, 4) is 0 Å². The number of hydrogen-bond donors (Lipinski definition) is 1. The van der Waals surface area contributed by atoms with Gasteiger partial charge in [0, 0.05) is 26.2 Å². The summed E-state index contributed by atoms with van der Waals surface area (Å²) in [6, 6.07) is 0. The molecule has 1 N–H and O–H groups in total. The van der Waals surface area contributed by atoms with Crippen LogP contribution in [0.5, 0.6) is 0 Å².